The highest BCUT2D eigenvalue weighted by Crippen LogP contribution is 2.20. The summed E-state index contributed by atoms with van der Waals surface area (Å²) in [6.45, 7) is 0.694. The van der Waals surface area contributed by atoms with Crippen LogP contribution in [0.1, 0.15) is 11.6 Å². The van der Waals surface area contributed by atoms with E-state index in [2.05, 4.69) is 4.98 Å². The Balaban J connectivity index is 1.98. The number of halogens is 2. The molecule has 0 saturated heterocycles. The van der Waals surface area contributed by atoms with E-state index in [1.54, 1.807) is 12.3 Å². The van der Waals surface area contributed by atoms with E-state index in [1.165, 1.54) is 6.07 Å². The van der Waals surface area contributed by atoms with Gasteiger partial charge < -0.3 is 8.98 Å². The van der Waals surface area contributed by atoms with Gasteiger partial charge in [0.1, 0.15) is 17.1 Å². The average Bonchev–Trinajstić information content (AvgIpc) is 3.05. The number of nitrogens with zero attached hydrogens (tertiary/aromatic N) is 2. The molecule has 3 nitrogen and oxygen atoms in total. The first-order chi connectivity index (χ1) is 9.79. The number of benzene rings is 1. The van der Waals surface area contributed by atoms with E-state index in [1.807, 2.05) is 22.8 Å². The molecular formula is C15H14ClFN2O. The molecule has 0 aliphatic heterocycles. The van der Waals surface area contributed by atoms with Crippen molar-refractivity contribution in [3.63, 3.8) is 0 Å². The summed E-state index contributed by atoms with van der Waals surface area (Å²) in [7, 11) is 0. The molecule has 3 aromatic rings. The highest BCUT2D eigenvalue weighted by Gasteiger charge is 2.13. The standard InChI is InChI=1S/C15H14ClFN2O/c16-8-6-14-18-15-12(17)4-1-5-13(15)19(14)9-7-11-3-2-10-20-11/h1-5,10H,6-9H2. The zero-order valence-corrected chi connectivity index (χ0v) is 11.6. The lowest BCUT2D eigenvalue weighted by Crippen LogP contribution is -2.06. The molecule has 2 heterocycles. The van der Waals surface area contributed by atoms with Crippen molar-refractivity contribution in [3.05, 3.63) is 54.0 Å². The minimum absolute atomic E-state index is 0.296. The van der Waals surface area contributed by atoms with Crippen LogP contribution in [0.3, 0.4) is 0 Å². The van der Waals surface area contributed by atoms with E-state index >= 15 is 0 Å². The van der Waals surface area contributed by atoms with Gasteiger partial charge in [-0.3, -0.25) is 0 Å². The Hall–Kier alpha value is -1.81. The molecule has 0 spiro atoms. The van der Waals surface area contributed by atoms with Crippen LogP contribution in [-0.2, 0) is 19.4 Å². The largest absolute Gasteiger partial charge is 0.469 e. The number of aryl methyl sites for hydroxylation is 3. The molecule has 1 aromatic carbocycles. The van der Waals surface area contributed by atoms with Crippen LogP contribution < -0.4 is 0 Å². The van der Waals surface area contributed by atoms with Gasteiger partial charge in [0.25, 0.3) is 0 Å². The lowest BCUT2D eigenvalue weighted by atomic mass is 10.3. The van der Waals surface area contributed by atoms with Crippen molar-refractivity contribution in [1.82, 2.24) is 9.55 Å². The summed E-state index contributed by atoms with van der Waals surface area (Å²) in [6.07, 6.45) is 3.01. The molecule has 2 aromatic heterocycles. The lowest BCUT2D eigenvalue weighted by molar-refractivity contribution is 0.490. The molecule has 5 heteroatoms. The zero-order chi connectivity index (χ0) is 13.9. The van der Waals surface area contributed by atoms with Crippen LogP contribution in [0, 0.1) is 5.82 Å². The molecule has 104 valence electrons. The summed E-state index contributed by atoms with van der Waals surface area (Å²) < 4.78 is 21.2. The van der Waals surface area contributed by atoms with Gasteiger partial charge in [-0.15, -0.1) is 11.6 Å². The maximum absolute atomic E-state index is 13.8. The second-order valence-electron chi connectivity index (χ2n) is 4.56. The molecule has 0 bridgehead atoms. The molecule has 0 unspecified atom stereocenters. The van der Waals surface area contributed by atoms with E-state index in [-0.39, 0.29) is 5.82 Å². The van der Waals surface area contributed by atoms with Crippen LogP contribution in [0.25, 0.3) is 11.0 Å². The summed E-state index contributed by atoms with van der Waals surface area (Å²) in [5.41, 5.74) is 1.21. The molecular weight excluding hydrogens is 279 g/mol. The van der Waals surface area contributed by atoms with Gasteiger partial charge in [0, 0.05) is 25.3 Å². The number of rotatable bonds is 5. The Labute approximate surface area is 121 Å². The quantitative estimate of drug-likeness (QED) is 0.670. The van der Waals surface area contributed by atoms with Crippen molar-refractivity contribution in [1.29, 1.82) is 0 Å². The lowest BCUT2D eigenvalue weighted by Gasteiger charge is -2.07. The summed E-state index contributed by atoms with van der Waals surface area (Å²) in [4.78, 5) is 4.37. The van der Waals surface area contributed by atoms with Gasteiger partial charge in [-0.2, -0.15) is 0 Å². The first kappa shape index (κ1) is 13.2. The monoisotopic (exact) mass is 292 g/mol. The average molecular weight is 293 g/mol. The minimum Gasteiger partial charge on any atom is -0.469 e. The Morgan fingerprint density at radius 1 is 1.20 bits per heavy atom. The van der Waals surface area contributed by atoms with Crippen LogP contribution in [-0.4, -0.2) is 15.4 Å². The van der Waals surface area contributed by atoms with Crippen molar-refractivity contribution >= 4 is 22.6 Å². The van der Waals surface area contributed by atoms with Gasteiger partial charge in [-0.25, -0.2) is 9.37 Å². The number of imidazole rings is 1. The van der Waals surface area contributed by atoms with E-state index < -0.39 is 0 Å². The van der Waals surface area contributed by atoms with E-state index in [4.69, 9.17) is 16.0 Å². The van der Waals surface area contributed by atoms with Crippen LogP contribution in [0.15, 0.2) is 41.0 Å². The Bertz CT molecular complexity index is 706. The van der Waals surface area contributed by atoms with Crippen molar-refractivity contribution in [2.45, 2.75) is 19.4 Å². The van der Waals surface area contributed by atoms with Gasteiger partial charge in [0.2, 0.25) is 0 Å². The number of para-hydroxylation sites is 1. The van der Waals surface area contributed by atoms with Crippen LogP contribution in [0.5, 0.6) is 0 Å². The molecule has 3 rings (SSSR count). The van der Waals surface area contributed by atoms with Crippen LogP contribution in [0.2, 0.25) is 0 Å². The first-order valence-electron chi connectivity index (χ1n) is 6.51. The fourth-order valence-corrected chi connectivity index (χ4v) is 2.53. The maximum atomic E-state index is 13.8. The zero-order valence-electron chi connectivity index (χ0n) is 10.9. The second-order valence-corrected chi connectivity index (χ2v) is 4.93. The van der Waals surface area contributed by atoms with Crippen LogP contribution in [0.4, 0.5) is 4.39 Å². The summed E-state index contributed by atoms with van der Waals surface area (Å²) in [5, 5.41) is 0. The van der Waals surface area contributed by atoms with E-state index in [0.29, 0.717) is 24.4 Å². The normalized spacial score (nSPS) is 11.3. The van der Waals surface area contributed by atoms with Gasteiger partial charge in [0.15, 0.2) is 5.82 Å². The van der Waals surface area contributed by atoms with Crippen molar-refractivity contribution in [3.8, 4) is 0 Å². The van der Waals surface area contributed by atoms with Crippen molar-refractivity contribution in [2.75, 3.05) is 5.88 Å². The highest BCUT2D eigenvalue weighted by atomic mass is 35.5. The molecule has 0 aliphatic carbocycles. The third-order valence-corrected chi connectivity index (χ3v) is 3.48. The SMILES string of the molecule is Fc1cccc2c1nc(CCCl)n2CCc1ccco1. The summed E-state index contributed by atoms with van der Waals surface area (Å²) in [6, 6.07) is 8.80. The highest BCUT2D eigenvalue weighted by molar-refractivity contribution is 6.17. The van der Waals surface area contributed by atoms with Crippen LogP contribution >= 0.6 is 11.6 Å². The first-order valence-corrected chi connectivity index (χ1v) is 7.05. The molecule has 0 saturated carbocycles. The molecule has 20 heavy (non-hydrogen) atoms. The molecule has 0 radical (unpaired) electrons. The second kappa shape index (κ2) is 5.67. The fourth-order valence-electron chi connectivity index (χ4n) is 2.36. The number of hydrogen-bond acceptors (Lipinski definition) is 2. The van der Waals surface area contributed by atoms with E-state index in [0.717, 1.165) is 23.5 Å². The molecule has 0 N–H and O–H groups in total. The topological polar surface area (TPSA) is 31.0 Å². The van der Waals surface area contributed by atoms with Gasteiger partial charge in [0.05, 0.1) is 11.8 Å². The fraction of sp³-hybridized carbons (Fsp3) is 0.267. The molecule has 0 aliphatic rings. The van der Waals surface area contributed by atoms with Gasteiger partial charge in [-0.05, 0) is 24.3 Å². The third-order valence-electron chi connectivity index (χ3n) is 3.29. The summed E-state index contributed by atoms with van der Waals surface area (Å²) in [5.74, 6) is 1.88. The number of furan rings is 1. The molecule has 0 fully saturated rings. The Morgan fingerprint density at radius 2 is 2.10 bits per heavy atom. The third kappa shape index (κ3) is 2.43. The van der Waals surface area contributed by atoms with Gasteiger partial charge in [-0.1, -0.05) is 6.07 Å². The number of fused-ring (bicyclic) bond motifs is 1. The predicted octanol–water partition coefficient (Wildman–Crippen LogP) is 3.79. The summed E-state index contributed by atoms with van der Waals surface area (Å²) >= 11 is 5.81. The molecule has 0 atom stereocenters. The molecule has 0 amide bonds. The number of aromatic nitrogens is 2. The van der Waals surface area contributed by atoms with E-state index in [9.17, 15) is 4.39 Å². The maximum Gasteiger partial charge on any atom is 0.151 e. The smallest absolute Gasteiger partial charge is 0.151 e. The van der Waals surface area contributed by atoms with Gasteiger partial charge >= 0.3 is 0 Å². The minimum atomic E-state index is -0.296. The van der Waals surface area contributed by atoms with Crippen molar-refractivity contribution in [2.24, 2.45) is 0 Å². The number of alkyl halides is 1. The van der Waals surface area contributed by atoms with Crippen molar-refractivity contribution < 1.29 is 8.81 Å². The predicted molar refractivity (Wildman–Crippen MR) is 76.5 cm³/mol. The number of hydrogen-bond donors (Lipinski definition) is 0. The Kier molecular flexibility index (Phi) is 3.74. The Morgan fingerprint density at radius 3 is 2.85 bits per heavy atom.